The van der Waals surface area contributed by atoms with Gasteiger partial charge in [-0.15, -0.1) is 0 Å². The van der Waals surface area contributed by atoms with Gasteiger partial charge in [0.25, 0.3) is 0 Å². The molecule has 0 aromatic rings. The molecule has 13 atom stereocenters. The number of hydrogen-bond acceptors (Lipinski definition) is 13. The molecule has 0 aromatic carbocycles. The normalized spacial score (nSPS) is 32.2. The van der Waals surface area contributed by atoms with Crippen LogP contribution in [0.15, 0.2) is 12.2 Å². The minimum absolute atomic E-state index is 0.00554. The van der Waals surface area contributed by atoms with Gasteiger partial charge in [-0.3, -0.25) is 57.5 Å². The maximum atomic E-state index is 15.7. The Bertz CT molecular complexity index is 3150. The number of fused-ring (bicyclic) bond motifs is 3. The number of amides is 12. The van der Waals surface area contributed by atoms with Gasteiger partial charge in [-0.2, -0.15) is 13.2 Å². The summed E-state index contributed by atoms with van der Waals surface area (Å²) >= 11 is 0. The molecule has 2 saturated heterocycles. The SMILES string of the molecule is CC[C@H](C)[C@@H]1NC(=O)[C@H](CC(F)F)N(C)C(=O)C[C@@H](C(=O)N(C)C)N(C)C(=O)[C@H](C2CCCC2)N(C)C(=O)C2(CC(C)(C)C2)NC(=O)[C@@H]2C[C@@H](C)CN2C(=O)[C@H](CCC2CCC(C(F)(F)F)C(OC)C2)NC(=O)CN(C)C(=O)[C@H](CC2CCC(C)CC2)N2CC/C=C\C[C@@H](C2=O)N(C)C(=O)CN(C)C1=O. The summed E-state index contributed by atoms with van der Waals surface area (Å²) in [5, 5.41) is 8.52. The number of carbonyl (C=O) groups is 12. The highest BCUT2D eigenvalue weighted by Gasteiger charge is 2.59. The Morgan fingerprint density at radius 1 is 0.676 bits per heavy atom. The molecule has 7 rings (SSSR count). The van der Waals surface area contributed by atoms with E-state index in [1.54, 1.807) is 19.9 Å². The molecule has 3 N–H and O–H groups in total. The second-order valence-corrected chi connectivity index (χ2v) is 32.9. The third-order valence-corrected chi connectivity index (χ3v) is 24.0. The zero-order valence-corrected chi connectivity index (χ0v) is 64.6. The fourth-order valence-corrected chi connectivity index (χ4v) is 17.6. The minimum Gasteiger partial charge on any atom is -0.381 e. The summed E-state index contributed by atoms with van der Waals surface area (Å²) < 4.78 is 77.8. The first-order valence-electron chi connectivity index (χ1n) is 38.0. The van der Waals surface area contributed by atoms with Crippen molar-refractivity contribution in [3.05, 3.63) is 12.2 Å². The number of halogens is 5. The number of likely N-dealkylation sites (N-methyl/N-ethyl adjacent to an activating group) is 7. The molecule has 12 amide bonds. The molecule has 4 saturated carbocycles. The fraction of sp³-hybridized carbons (Fsp3) is 0.813. The van der Waals surface area contributed by atoms with E-state index in [0.717, 1.165) is 52.3 Å². The molecule has 0 aromatic heterocycles. The first kappa shape index (κ1) is 85.2. The van der Waals surface area contributed by atoms with Crippen molar-refractivity contribution >= 4 is 70.9 Å². The molecule has 2 bridgehead atoms. The number of alkyl halides is 5. The standard InChI is InChI=1S/C75H119F5N12O13/c1-16-46(4)62-70(102)86(10)41-61(95)87(11)52-24-18-17-21-33-91(69(52)101)56(35-47-27-25-44(2)26-28-47)68(100)85(9)40-59(93)81-51(32-30-48-29-31-50(75(78,79)80)57(36-48)105-15)66(98)92-39-45(3)34-54(92)65(97)83-74(42-73(5,6)43-74)72(104)90(14)63(49-22-19-20-23-49)71(103)89(13)55(67(99)84(7)8)38-60(94)88(12)53(37-58(76)77)64(96)82-62/h17-18,44-58,62-63H,16,19-43H2,1-15H3,(H,81,93)(H,82,96)(H,83,97)/b18-17-/t44?,45-,46+,47?,48?,50?,51+,52+,53+,54+,55+,56+,57?,62+,63+/m1/s1. The third-order valence-electron chi connectivity index (χ3n) is 24.0. The van der Waals surface area contributed by atoms with Crippen molar-refractivity contribution in [2.24, 2.45) is 46.8 Å². The highest BCUT2D eigenvalue weighted by atomic mass is 19.4. The van der Waals surface area contributed by atoms with Crippen molar-refractivity contribution in [1.82, 2.24) is 60.0 Å². The molecule has 3 heterocycles. The first-order valence-corrected chi connectivity index (χ1v) is 38.0. The summed E-state index contributed by atoms with van der Waals surface area (Å²) in [4.78, 5) is 191. The van der Waals surface area contributed by atoms with Crippen LogP contribution < -0.4 is 16.0 Å². The van der Waals surface area contributed by atoms with Gasteiger partial charge in [-0.05, 0) is 124 Å². The van der Waals surface area contributed by atoms with Crippen LogP contribution >= 0.6 is 0 Å². The highest BCUT2D eigenvalue weighted by molar-refractivity contribution is 6.01. The number of nitrogens with zero attached hydrogens (tertiary/aromatic N) is 9. The maximum absolute atomic E-state index is 15.7. The number of ether oxygens (including phenoxy) is 1. The average Bonchev–Trinajstić information content (AvgIpc) is 1.24. The lowest BCUT2D eigenvalue weighted by Gasteiger charge is -2.54. The molecule has 0 radical (unpaired) electrons. The summed E-state index contributed by atoms with van der Waals surface area (Å²) in [6.45, 7) is 9.89. The van der Waals surface area contributed by atoms with E-state index in [0.29, 0.717) is 38.0 Å². The Hall–Kier alpha value is -7.01. The van der Waals surface area contributed by atoms with Crippen molar-refractivity contribution in [3.8, 4) is 0 Å². The van der Waals surface area contributed by atoms with Gasteiger partial charge in [-0.25, -0.2) is 8.78 Å². The van der Waals surface area contributed by atoms with Crippen molar-refractivity contribution in [2.75, 3.05) is 89.7 Å². The largest absolute Gasteiger partial charge is 0.394 e. The maximum Gasteiger partial charge on any atom is 0.394 e. The van der Waals surface area contributed by atoms with Crippen LogP contribution in [0.2, 0.25) is 0 Å². The molecular formula is C75H119F5N12O13. The highest BCUT2D eigenvalue weighted by Crippen LogP contribution is 2.50. The summed E-state index contributed by atoms with van der Waals surface area (Å²) in [6.07, 6.45) is -0.872. The van der Waals surface area contributed by atoms with Crippen molar-refractivity contribution in [2.45, 2.75) is 255 Å². The van der Waals surface area contributed by atoms with Crippen molar-refractivity contribution in [3.63, 3.8) is 0 Å². The molecule has 6 fully saturated rings. The Kier molecular flexibility index (Phi) is 29.4. The second-order valence-electron chi connectivity index (χ2n) is 32.9. The molecule has 25 nitrogen and oxygen atoms in total. The lowest BCUT2D eigenvalue weighted by molar-refractivity contribution is -0.215. The summed E-state index contributed by atoms with van der Waals surface area (Å²) in [5.41, 5.74) is -2.21. The molecular weight excluding hydrogens is 1370 g/mol. The number of nitrogens with one attached hydrogen (secondary N) is 3. The number of methoxy groups -OCH3 is 1. The summed E-state index contributed by atoms with van der Waals surface area (Å²) in [5.74, 6) is -12.5. The molecule has 7 aliphatic rings. The molecule has 3 aliphatic heterocycles. The van der Waals surface area contributed by atoms with E-state index in [1.165, 1.54) is 80.9 Å². The first-order chi connectivity index (χ1) is 49.1. The summed E-state index contributed by atoms with van der Waals surface area (Å²) in [6, 6.07) is -11.4. The van der Waals surface area contributed by atoms with Gasteiger partial charge in [-0.1, -0.05) is 98.6 Å². The Morgan fingerprint density at radius 3 is 1.90 bits per heavy atom. The van der Waals surface area contributed by atoms with Crippen LogP contribution in [0.1, 0.15) is 183 Å². The molecule has 4 aliphatic carbocycles. The van der Waals surface area contributed by atoms with Crippen LogP contribution in [-0.4, -0.2) is 277 Å². The zero-order valence-electron chi connectivity index (χ0n) is 64.6. The van der Waals surface area contributed by atoms with E-state index in [1.807, 2.05) is 26.8 Å². The van der Waals surface area contributed by atoms with Gasteiger partial charge in [0, 0.05) is 83.0 Å². The van der Waals surface area contributed by atoms with Crippen LogP contribution in [0.4, 0.5) is 22.0 Å². The van der Waals surface area contributed by atoms with Gasteiger partial charge >= 0.3 is 6.18 Å². The Balaban J connectivity index is 1.32. The molecule has 105 heavy (non-hydrogen) atoms. The lowest BCUT2D eigenvalue weighted by Crippen LogP contribution is -2.71. The zero-order chi connectivity index (χ0) is 78.1. The molecule has 30 heteroatoms. The topological polar surface area (TPSA) is 279 Å². The second kappa shape index (κ2) is 36.3. The van der Waals surface area contributed by atoms with Crippen LogP contribution in [0.3, 0.4) is 0 Å². The van der Waals surface area contributed by atoms with Crippen LogP contribution in [-0.2, 0) is 62.3 Å². The van der Waals surface area contributed by atoms with Crippen molar-refractivity contribution < 1.29 is 84.2 Å². The third kappa shape index (κ3) is 20.8. The fourth-order valence-electron chi connectivity index (χ4n) is 17.6. The average molecular weight is 1490 g/mol. The monoisotopic (exact) mass is 1490 g/mol. The minimum atomic E-state index is -4.53. The van der Waals surface area contributed by atoms with Gasteiger partial charge in [0.2, 0.25) is 77.3 Å². The van der Waals surface area contributed by atoms with Crippen LogP contribution in [0, 0.1) is 46.8 Å². The van der Waals surface area contributed by atoms with E-state index in [9.17, 15) is 50.7 Å². The molecule has 592 valence electrons. The van der Waals surface area contributed by atoms with Crippen LogP contribution in [0.25, 0.3) is 0 Å². The number of carbonyl (C=O) groups excluding carboxylic acids is 12. The molecule has 1 spiro atoms. The predicted molar refractivity (Wildman–Crippen MR) is 380 cm³/mol. The van der Waals surface area contributed by atoms with Gasteiger partial charge < -0.3 is 64.8 Å². The Labute approximate surface area is 616 Å². The van der Waals surface area contributed by atoms with Crippen LogP contribution in [0.5, 0.6) is 0 Å². The van der Waals surface area contributed by atoms with Gasteiger partial charge in [0.15, 0.2) is 0 Å². The van der Waals surface area contributed by atoms with E-state index < -0.39 is 193 Å². The van der Waals surface area contributed by atoms with E-state index in [4.69, 9.17) is 4.74 Å². The smallest absolute Gasteiger partial charge is 0.381 e. The van der Waals surface area contributed by atoms with Gasteiger partial charge in [0.1, 0.15) is 53.9 Å². The number of hydrogen-bond donors (Lipinski definition) is 3. The van der Waals surface area contributed by atoms with E-state index >= 15 is 28.8 Å². The lowest BCUT2D eigenvalue weighted by atomic mass is 9.58. The predicted octanol–water partition coefficient (Wildman–Crippen LogP) is 6.01. The number of rotatable bonds is 12. The molecule has 3 unspecified atom stereocenters. The van der Waals surface area contributed by atoms with Gasteiger partial charge in [0.05, 0.1) is 31.5 Å². The Morgan fingerprint density at radius 2 is 1.30 bits per heavy atom. The van der Waals surface area contributed by atoms with Crippen molar-refractivity contribution in [1.29, 1.82) is 0 Å². The van der Waals surface area contributed by atoms with E-state index in [-0.39, 0.29) is 101 Å². The van der Waals surface area contributed by atoms with E-state index in [2.05, 4.69) is 22.9 Å². The quantitative estimate of drug-likeness (QED) is 0.149. The summed E-state index contributed by atoms with van der Waals surface area (Å²) in [7, 11) is 11.9.